The van der Waals surface area contributed by atoms with Crippen LogP contribution in [0.2, 0.25) is 0 Å². The molecule has 0 aromatic heterocycles. The number of hydrogen-bond donors (Lipinski definition) is 1. The lowest BCUT2D eigenvalue weighted by Crippen LogP contribution is -2.28. The Balaban J connectivity index is 2.29. The Labute approximate surface area is 116 Å². The molecule has 0 radical (unpaired) electrons. The van der Waals surface area contributed by atoms with Gasteiger partial charge >= 0.3 is 0 Å². The summed E-state index contributed by atoms with van der Waals surface area (Å²) in [6, 6.07) is 6.97. The molecule has 1 atom stereocenters. The van der Waals surface area contributed by atoms with Gasteiger partial charge in [-0.15, -0.1) is 0 Å². The standard InChI is InChI=1S/C16H26N2O/c1-3-13-12-14(19-2)6-7-15(13)16(8-9-17)18-10-4-5-11-18/h6-7,12,16H,3-5,8-11,17H2,1-2H3. The maximum Gasteiger partial charge on any atom is 0.119 e. The summed E-state index contributed by atoms with van der Waals surface area (Å²) < 4.78 is 5.34. The van der Waals surface area contributed by atoms with E-state index in [0.717, 1.165) is 25.1 Å². The van der Waals surface area contributed by atoms with Crippen molar-refractivity contribution in [3.63, 3.8) is 0 Å². The number of likely N-dealkylation sites (tertiary alicyclic amines) is 1. The van der Waals surface area contributed by atoms with Crippen molar-refractivity contribution in [2.45, 2.75) is 38.6 Å². The molecule has 0 spiro atoms. The van der Waals surface area contributed by atoms with E-state index in [2.05, 4.69) is 30.0 Å². The molecule has 0 bridgehead atoms. The van der Waals surface area contributed by atoms with Crippen molar-refractivity contribution in [2.24, 2.45) is 5.73 Å². The summed E-state index contributed by atoms with van der Waals surface area (Å²) in [6.07, 6.45) is 4.72. The number of nitrogens with two attached hydrogens (primary N) is 1. The predicted molar refractivity (Wildman–Crippen MR) is 79.6 cm³/mol. The number of rotatable bonds is 6. The molecule has 1 unspecified atom stereocenters. The van der Waals surface area contributed by atoms with Crippen LogP contribution < -0.4 is 10.5 Å². The van der Waals surface area contributed by atoms with Gasteiger partial charge in [-0.05, 0) is 68.6 Å². The van der Waals surface area contributed by atoms with Crippen LogP contribution in [-0.2, 0) is 6.42 Å². The van der Waals surface area contributed by atoms with Crippen molar-refractivity contribution in [2.75, 3.05) is 26.7 Å². The third-order valence-corrected chi connectivity index (χ3v) is 4.11. The SMILES string of the molecule is CCc1cc(OC)ccc1C(CCN)N1CCCC1. The van der Waals surface area contributed by atoms with Gasteiger partial charge in [0, 0.05) is 6.04 Å². The fourth-order valence-electron chi connectivity index (χ4n) is 3.09. The molecule has 0 saturated carbocycles. The molecule has 0 amide bonds. The minimum absolute atomic E-state index is 0.480. The molecule has 0 aliphatic carbocycles. The molecular weight excluding hydrogens is 236 g/mol. The first kappa shape index (κ1) is 14.4. The number of methoxy groups -OCH3 is 1. The van der Waals surface area contributed by atoms with E-state index in [0.29, 0.717) is 6.04 Å². The molecule has 1 aliphatic rings. The van der Waals surface area contributed by atoms with Crippen LogP contribution in [0.15, 0.2) is 18.2 Å². The Morgan fingerprint density at radius 1 is 1.32 bits per heavy atom. The van der Waals surface area contributed by atoms with Crippen LogP contribution in [-0.4, -0.2) is 31.6 Å². The molecule has 1 aromatic carbocycles. The number of ether oxygens (including phenoxy) is 1. The minimum Gasteiger partial charge on any atom is -0.497 e. The van der Waals surface area contributed by atoms with Gasteiger partial charge in [-0.1, -0.05) is 13.0 Å². The van der Waals surface area contributed by atoms with E-state index < -0.39 is 0 Å². The highest BCUT2D eigenvalue weighted by atomic mass is 16.5. The second kappa shape index (κ2) is 6.92. The van der Waals surface area contributed by atoms with Gasteiger partial charge in [0.2, 0.25) is 0 Å². The lowest BCUT2D eigenvalue weighted by molar-refractivity contribution is 0.235. The molecule has 1 fully saturated rings. The third kappa shape index (κ3) is 3.28. The van der Waals surface area contributed by atoms with Crippen molar-refractivity contribution in [1.29, 1.82) is 0 Å². The quantitative estimate of drug-likeness (QED) is 0.856. The Kier molecular flexibility index (Phi) is 5.23. The Hall–Kier alpha value is -1.06. The second-order valence-electron chi connectivity index (χ2n) is 5.25. The van der Waals surface area contributed by atoms with Crippen molar-refractivity contribution in [3.05, 3.63) is 29.3 Å². The van der Waals surface area contributed by atoms with E-state index in [4.69, 9.17) is 10.5 Å². The van der Waals surface area contributed by atoms with Gasteiger partial charge < -0.3 is 10.5 Å². The number of aryl methyl sites for hydroxylation is 1. The van der Waals surface area contributed by atoms with Crippen LogP contribution in [0, 0.1) is 0 Å². The molecule has 2 N–H and O–H groups in total. The summed E-state index contributed by atoms with van der Waals surface area (Å²) in [5.74, 6) is 0.952. The van der Waals surface area contributed by atoms with Crippen LogP contribution in [0.1, 0.15) is 43.4 Å². The summed E-state index contributed by atoms with van der Waals surface area (Å²) in [7, 11) is 1.73. The molecule has 3 heteroatoms. The smallest absolute Gasteiger partial charge is 0.119 e. The fraction of sp³-hybridized carbons (Fsp3) is 0.625. The Morgan fingerprint density at radius 2 is 2.05 bits per heavy atom. The largest absolute Gasteiger partial charge is 0.497 e. The molecule has 1 saturated heterocycles. The van der Waals surface area contributed by atoms with Crippen LogP contribution in [0.25, 0.3) is 0 Å². The molecule has 1 aromatic rings. The Bertz CT molecular complexity index is 400. The zero-order valence-corrected chi connectivity index (χ0v) is 12.2. The highest BCUT2D eigenvalue weighted by molar-refractivity contribution is 5.37. The molecule has 3 nitrogen and oxygen atoms in total. The average molecular weight is 262 g/mol. The molecule has 19 heavy (non-hydrogen) atoms. The molecule has 1 aliphatic heterocycles. The van der Waals surface area contributed by atoms with E-state index in [1.165, 1.54) is 37.1 Å². The number of benzene rings is 1. The third-order valence-electron chi connectivity index (χ3n) is 4.11. The van der Waals surface area contributed by atoms with Crippen LogP contribution >= 0.6 is 0 Å². The summed E-state index contributed by atoms with van der Waals surface area (Å²) in [4.78, 5) is 2.59. The van der Waals surface area contributed by atoms with Crippen LogP contribution in [0.3, 0.4) is 0 Å². The van der Waals surface area contributed by atoms with Gasteiger partial charge in [-0.25, -0.2) is 0 Å². The summed E-state index contributed by atoms with van der Waals surface area (Å²) >= 11 is 0. The van der Waals surface area contributed by atoms with Gasteiger partial charge in [0.25, 0.3) is 0 Å². The first-order chi connectivity index (χ1) is 9.30. The van der Waals surface area contributed by atoms with E-state index in [1.54, 1.807) is 7.11 Å². The average Bonchev–Trinajstić information content (AvgIpc) is 2.98. The monoisotopic (exact) mass is 262 g/mol. The van der Waals surface area contributed by atoms with Gasteiger partial charge in [0.05, 0.1) is 7.11 Å². The lowest BCUT2D eigenvalue weighted by atomic mass is 9.95. The summed E-state index contributed by atoms with van der Waals surface area (Å²) in [6.45, 7) is 5.37. The Morgan fingerprint density at radius 3 is 2.63 bits per heavy atom. The van der Waals surface area contributed by atoms with Gasteiger partial charge in [0.15, 0.2) is 0 Å². The number of hydrogen-bond acceptors (Lipinski definition) is 3. The summed E-state index contributed by atoms with van der Waals surface area (Å²) in [5.41, 5.74) is 8.66. The first-order valence-electron chi connectivity index (χ1n) is 7.41. The fourth-order valence-corrected chi connectivity index (χ4v) is 3.09. The predicted octanol–water partition coefficient (Wildman–Crippen LogP) is 2.74. The molecule has 106 valence electrons. The molecule has 2 rings (SSSR count). The van der Waals surface area contributed by atoms with Crippen molar-refractivity contribution in [1.82, 2.24) is 4.90 Å². The van der Waals surface area contributed by atoms with Crippen molar-refractivity contribution in [3.8, 4) is 5.75 Å². The zero-order valence-electron chi connectivity index (χ0n) is 12.2. The number of nitrogens with zero attached hydrogens (tertiary/aromatic N) is 1. The molecule has 1 heterocycles. The van der Waals surface area contributed by atoms with Gasteiger partial charge in [-0.3, -0.25) is 4.90 Å². The minimum atomic E-state index is 0.480. The van der Waals surface area contributed by atoms with Crippen molar-refractivity contribution >= 4 is 0 Å². The van der Waals surface area contributed by atoms with Crippen molar-refractivity contribution < 1.29 is 4.74 Å². The highest BCUT2D eigenvalue weighted by Gasteiger charge is 2.24. The lowest BCUT2D eigenvalue weighted by Gasteiger charge is -2.29. The first-order valence-corrected chi connectivity index (χ1v) is 7.41. The normalized spacial score (nSPS) is 17.6. The van der Waals surface area contributed by atoms with E-state index in [-0.39, 0.29) is 0 Å². The zero-order chi connectivity index (χ0) is 13.7. The van der Waals surface area contributed by atoms with Crippen LogP contribution in [0.5, 0.6) is 5.75 Å². The maximum atomic E-state index is 5.83. The van der Waals surface area contributed by atoms with Crippen LogP contribution in [0.4, 0.5) is 0 Å². The van der Waals surface area contributed by atoms with E-state index >= 15 is 0 Å². The van der Waals surface area contributed by atoms with E-state index in [1.807, 2.05) is 0 Å². The second-order valence-corrected chi connectivity index (χ2v) is 5.25. The summed E-state index contributed by atoms with van der Waals surface area (Å²) in [5, 5.41) is 0. The highest BCUT2D eigenvalue weighted by Crippen LogP contribution is 2.32. The van der Waals surface area contributed by atoms with Gasteiger partial charge in [0.1, 0.15) is 5.75 Å². The van der Waals surface area contributed by atoms with E-state index in [9.17, 15) is 0 Å². The van der Waals surface area contributed by atoms with Gasteiger partial charge in [-0.2, -0.15) is 0 Å². The molecular formula is C16H26N2O. The maximum absolute atomic E-state index is 5.83. The topological polar surface area (TPSA) is 38.5 Å².